The minimum absolute atomic E-state index is 0.0105. The molecule has 0 N–H and O–H groups in total. The van der Waals surface area contributed by atoms with E-state index >= 15 is 0 Å². The first-order valence-corrected chi connectivity index (χ1v) is 10.8. The number of aromatic nitrogens is 5. The van der Waals surface area contributed by atoms with E-state index in [9.17, 15) is 9.59 Å². The fourth-order valence-electron chi connectivity index (χ4n) is 5.25. The highest BCUT2D eigenvalue weighted by molar-refractivity contribution is 5.98. The van der Waals surface area contributed by atoms with Crippen LogP contribution in [0.5, 0.6) is 0 Å². The quantitative estimate of drug-likeness (QED) is 0.515. The van der Waals surface area contributed by atoms with Crippen LogP contribution < -0.4 is 5.56 Å². The molecule has 2 aliphatic heterocycles. The Hall–Kier alpha value is -3.55. The molecule has 2 unspecified atom stereocenters. The maximum atomic E-state index is 13.9. The van der Waals surface area contributed by atoms with Crippen LogP contribution in [0.1, 0.15) is 54.0 Å². The van der Waals surface area contributed by atoms with Gasteiger partial charge in [-0.05, 0) is 37.5 Å². The van der Waals surface area contributed by atoms with Crippen LogP contribution in [-0.4, -0.2) is 40.8 Å². The largest absolute Gasteiger partial charge is 0.327 e. The summed E-state index contributed by atoms with van der Waals surface area (Å²) >= 11 is 0. The first-order chi connectivity index (χ1) is 15.2. The van der Waals surface area contributed by atoms with Gasteiger partial charge in [0, 0.05) is 37.0 Å². The van der Waals surface area contributed by atoms with Crippen LogP contribution in [0.2, 0.25) is 0 Å². The molecule has 0 aromatic carbocycles. The van der Waals surface area contributed by atoms with Crippen molar-refractivity contribution in [2.45, 2.75) is 51.2 Å². The number of fused-ring (bicyclic) bond motifs is 6. The highest BCUT2D eigenvalue weighted by atomic mass is 16.2. The third-order valence-corrected chi connectivity index (χ3v) is 6.59. The van der Waals surface area contributed by atoms with Crippen LogP contribution in [0.15, 0.2) is 47.8 Å². The van der Waals surface area contributed by atoms with Gasteiger partial charge in [0.05, 0.1) is 17.1 Å². The molecule has 1 amide bonds. The van der Waals surface area contributed by atoms with Crippen molar-refractivity contribution in [1.82, 2.24) is 28.8 Å². The molecule has 31 heavy (non-hydrogen) atoms. The van der Waals surface area contributed by atoms with Crippen molar-refractivity contribution in [3.63, 3.8) is 0 Å². The molecule has 1 saturated heterocycles. The molecule has 8 heteroatoms. The predicted molar refractivity (Wildman–Crippen MR) is 115 cm³/mol. The van der Waals surface area contributed by atoms with E-state index in [4.69, 9.17) is 4.98 Å². The molecule has 4 aromatic rings. The fraction of sp³-hybridized carbons (Fsp3) is 0.348. The van der Waals surface area contributed by atoms with E-state index in [1.54, 1.807) is 18.6 Å². The number of carbonyl (C=O) groups excluding carboxylic acids is 1. The predicted octanol–water partition coefficient (Wildman–Crippen LogP) is 2.75. The van der Waals surface area contributed by atoms with E-state index in [0.717, 1.165) is 36.9 Å². The minimum atomic E-state index is -0.148. The van der Waals surface area contributed by atoms with Crippen molar-refractivity contribution in [2.24, 2.45) is 0 Å². The number of rotatable bonds is 3. The van der Waals surface area contributed by atoms with Crippen molar-refractivity contribution in [2.75, 3.05) is 0 Å². The first-order valence-electron chi connectivity index (χ1n) is 10.8. The highest BCUT2D eigenvalue weighted by Crippen LogP contribution is 2.43. The number of hydrogen-bond donors (Lipinski definition) is 0. The molecule has 8 nitrogen and oxygen atoms in total. The summed E-state index contributed by atoms with van der Waals surface area (Å²) in [5, 5.41) is 0.480. The Bertz CT molecular complexity index is 1400. The second-order valence-electron chi connectivity index (χ2n) is 8.35. The molecule has 2 aliphatic rings. The van der Waals surface area contributed by atoms with Crippen molar-refractivity contribution in [3.8, 4) is 0 Å². The summed E-state index contributed by atoms with van der Waals surface area (Å²) in [7, 11) is 0. The number of pyridine rings is 1. The molecule has 2 bridgehead atoms. The van der Waals surface area contributed by atoms with Gasteiger partial charge in [0.15, 0.2) is 0 Å². The van der Waals surface area contributed by atoms with E-state index in [1.807, 2.05) is 33.9 Å². The molecule has 156 valence electrons. The van der Waals surface area contributed by atoms with E-state index in [1.165, 1.54) is 4.40 Å². The zero-order valence-electron chi connectivity index (χ0n) is 17.2. The van der Waals surface area contributed by atoms with Crippen molar-refractivity contribution in [3.05, 3.63) is 70.3 Å². The lowest BCUT2D eigenvalue weighted by atomic mass is 9.99. The molecule has 0 radical (unpaired) electrons. The molecule has 0 saturated carbocycles. The lowest BCUT2D eigenvalue weighted by Crippen LogP contribution is -2.43. The highest BCUT2D eigenvalue weighted by Gasteiger charge is 2.44. The maximum Gasteiger partial charge on any atom is 0.271 e. The van der Waals surface area contributed by atoms with Gasteiger partial charge in [0.2, 0.25) is 0 Å². The summed E-state index contributed by atoms with van der Waals surface area (Å²) in [6, 6.07) is 7.33. The number of aryl methyl sites for hydroxylation is 1. The van der Waals surface area contributed by atoms with Crippen molar-refractivity contribution in [1.29, 1.82) is 0 Å². The van der Waals surface area contributed by atoms with E-state index in [2.05, 4.69) is 16.9 Å². The Labute approximate surface area is 178 Å². The normalized spacial score (nSPS) is 19.8. The molecular formula is C23H22N6O2. The van der Waals surface area contributed by atoms with Gasteiger partial charge in [0.1, 0.15) is 23.3 Å². The van der Waals surface area contributed by atoms with E-state index in [-0.39, 0.29) is 23.6 Å². The molecular weight excluding hydrogens is 392 g/mol. The molecule has 4 aromatic heterocycles. The number of hydrogen-bond acceptors (Lipinski definition) is 5. The van der Waals surface area contributed by atoms with Crippen LogP contribution in [0.4, 0.5) is 0 Å². The summed E-state index contributed by atoms with van der Waals surface area (Å²) in [5.41, 5.74) is 3.64. The van der Waals surface area contributed by atoms with Gasteiger partial charge in [0.25, 0.3) is 11.5 Å². The zero-order chi connectivity index (χ0) is 21.1. The van der Waals surface area contributed by atoms with Crippen LogP contribution >= 0.6 is 0 Å². The number of nitrogens with zero attached hydrogens (tertiary/aromatic N) is 6. The van der Waals surface area contributed by atoms with E-state index in [0.29, 0.717) is 28.9 Å². The molecule has 0 aliphatic carbocycles. The van der Waals surface area contributed by atoms with Crippen molar-refractivity contribution < 1.29 is 4.79 Å². The summed E-state index contributed by atoms with van der Waals surface area (Å²) in [4.78, 5) is 42.4. The van der Waals surface area contributed by atoms with Gasteiger partial charge in [-0.25, -0.2) is 15.0 Å². The summed E-state index contributed by atoms with van der Waals surface area (Å²) < 4.78 is 3.45. The minimum Gasteiger partial charge on any atom is -0.327 e. The second kappa shape index (κ2) is 6.73. The lowest BCUT2D eigenvalue weighted by Gasteiger charge is -2.35. The van der Waals surface area contributed by atoms with Crippen molar-refractivity contribution >= 4 is 22.6 Å². The van der Waals surface area contributed by atoms with Gasteiger partial charge in [-0.1, -0.05) is 13.0 Å². The smallest absolute Gasteiger partial charge is 0.271 e. The van der Waals surface area contributed by atoms with Gasteiger partial charge in [-0.3, -0.25) is 14.0 Å². The Morgan fingerprint density at radius 3 is 3.03 bits per heavy atom. The van der Waals surface area contributed by atoms with Crippen LogP contribution in [0.25, 0.3) is 16.7 Å². The number of amides is 1. The van der Waals surface area contributed by atoms with Gasteiger partial charge >= 0.3 is 0 Å². The standard InChI is InChI=1S/C23H22N6O2/c1-2-8-27-19(11-15-21(27)26-20-5-3-4-9-28(20)22(15)30)23(31)29-14-6-7-18(29)16-12-24-13-25-17(16)10-14/h3-5,9,11-14,18H,2,6-8,10H2,1H3. The summed E-state index contributed by atoms with van der Waals surface area (Å²) in [6.45, 7) is 2.69. The van der Waals surface area contributed by atoms with Gasteiger partial charge < -0.3 is 9.47 Å². The third kappa shape index (κ3) is 2.57. The topological polar surface area (TPSA) is 85.4 Å². The maximum absolute atomic E-state index is 13.9. The summed E-state index contributed by atoms with van der Waals surface area (Å²) in [5.74, 6) is -0.0399. The average Bonchev–Trinajstić information content (AvgIpc) is 3.31. The second-order valence-corrected chi connectivity index (χ2v) is 8.35. The van der Waals surface area contributed by atoms with Gasteiger partial charge in [-0.2, -0.15) is 0 Å². The Morgan fingerprint density at radius 2 is 2.16 bits per heavy atom. The monoisotopic (exact) mass is 414 g/mol. The zero-order valence-corrected chi connectivity index (χ0v) is 17.2. The van der Waals surface area contributed by atoms with E-state index < -0.39 is 0 Å². The Kier molecular flexibility index (Phi) is 3.96. The van der Waals surface area contributed by atoms with Crippen LogP contribution in [-0.2, 0) is 13.0 Å². The number of carbonyl (C=O) groups is 1. The average molecular weight is 414 g/mol. The lowest BCUT2D eigenvalue weighted by molar-refractivity contribution is 0.0633. The SMILES string of the molecule is CCCn1c(C(=O)N2C3CCC2c2cncnc2C3)cc2c(=O)n3ccccc3nc21. The first kappa shape index (κ1) is 18.2. The molecule has 2 atom stereocenters. The molecule has 6 rings (SSSR count). The summed E-state index contributed by atoms with van der Waals surface area (Å²) in [6.07, 6.45) is 8.59. The molecule has 6 heterocycles. The van der Waals surface area contributed by atoms with Gasteiger partial charge in [-0.15, -0.1) is 0 Å². The molecule has 1 fully saturated rings. The van der Waals surface area contributed by atoms with Crippen LogP contribution in [0.3, 0.4) is 0 Å². The molecule has 0 spiro atoms. The third-order valence-electron chi connectivity index (χ3n) is 6.59. The van der Waals surface area contributed by atoms with Crippen LogP contribution in [0, 0.1) is 0 Å². The fourth-order valence-corrected chi connectivity index (χ4v) is 5.25. The Morgan fingerprint density at radius 1 is 1.26 bits per heavy atom. The Balaban J connectivity index is 1.52.